The summed E-state index contributed by atoms with van der Waals surface area (Å²) in [4.78, 5) is 17.5. The number of nitrogens with one attached hydrogen (secondary N) is 2. The van der Waals surface area contributed by atoms with Crippen LogP contribution in [0.2, 0.25) is 5.15 Å². The van der Waals surface area contributed by atoms with Gasteiger partial charge in [0.2, 0.25) is 0 Å². The summed E-state index contributed by atoms with van der Waals surface area (Å²) in [5, 5.41) is 6.18. The molecule has 0 saturated heterocycles. The summed E-state index contributed by atoms with van der Waals surface area (Å²) in [6.07, 6.45) is 2.01. The number of amides is 1. The molecular formula is C15H16ClN3OS. The first-order valence-corrected chi connectivity index (χ1v) is 8.09. The van der Waals surface area contributed by atoms with Crippen LogP contribution in [0.25, 0.3) is 0 Å². The Morgan fingerprint density at radius 1 is 1.29 bits per heavy atom. The molecule has 0 aliphatic heterocycles. The van der Waals surface area contributed by atoms with Crippen LogP contribution >= 0.6 is 23.4 Å². The Bertz CT molecular complexity index is 631. The van der Waals surface area contributed by atoms with Crippen LogP contribution in [0.15, 0.2) is 41.3 Å². The minimum atomic E-state index is -0.213. The maximum atomic E-state index is 12.2. The van der Waals surface area contributed by atoms with E-state index in [-0.39, 0.29) is 11.1 Å². The Labute approximate surface area is 133 Å². The third-order valence-corrected chi connectivity index (χ3v) is 3.70. The molecule has 1 aromatic heterocycles. The monoisotopic (exact) mass is 321 g/mol. The molecule has 110 valence electrons. The standard InChI is InChI=1S/C15H16ClN3OS/c1-3-17-14-9-10(8-13(16)19-14)15(20)18-11-4-6-12(21-2)7-5-11/h4-9H,3H2,1-2H3,(H,17,19)(H,18,20). The second-order valence-electron chi connectivity index (χ2n) is 4.28. The first-order valence-electron chi connectivity index (χ1n) is 6.49. The zero-order valence-corrected chi connectivity index (χ0v) is 13.4. The summed E-state index contributed by atoms with van der Waals surface area (Å²) in [7, 11) is 0. The Balaban J connectivity index is 2.15. The van der Waals surface area contributed by atoms with Crippen LogP contribution in [0, 0.1) is 0 Å². The van der Waals surface area contributed by atoms with Gasteiger partial charge >= 0.3 is 0 Å². The van der Waals surface area contributed by atoms with E-state index in [2.05, 4.69) is 15.6 Å². The Morgan fingerprint density at radius 2 is 2.00 bits per heavy atom. The number of hydrogen-bond acceptors (Lipinski definition) is 4. The maximum Gasteiger partial charge on any atom is 0.255 e. The molecular weight excluding hydrogens is 306 g/mol. The molecule has 1 heterocycles. The van der Waals surface area contributed by atoms with Crippen molar-refractivity contribution < 1.29 is 4.79 Å². The number of benzene rings is 1. The lowest BCUT2D eigenvalue weighted by atomic mass is 10.2. The van der Waals surface area contributed by atoms with E-state index in [9.17, 15) is 4.79 Å². The molecule has 2 rings (SSSR count). The second kappa shape index (κ2) is 7.33. The fourth-order valence-corrected chi connectivity index (χ4v) is 2.39. The predicted octanol–water partition coefficient (Wildman–Crippen LogP) is 4.14. The van der Waals surface area contributed by atoms with E-state index >= 15 is 0 Å². The van der Waals surface area contributed by atoms with Crippen molar-refractivity contribution in [2.24, 2.45) is 0 Å². The predicted molar refractivity (Wildman–Crippen MR) is 89.6 cm³/mol. The Kier molecular flexibility index (Phi) is 5.47. The van der Waals surface area contributed by atoms with Gasteiger partial charge in [-0.2, -0.15) is 0 Å². The normalized spacial score (nSPS) is 10.2. The van der Waals surface area contributed by atoms with Crippen molar-refractivity contribution in [2.45, 2.75) is 11.8 Å². The highest BCUT2D eigenvalue weighted by atomic mass is 35.5. The van der Waals surface area contributed by atoms with Crippen molar-refractivity contribution in [1.29, 1.82) is 0 Å². The van der Waals surface area contributed by atoms with E-state index in [1.165, 1.54) is 0 Å². The Hall–Kier alpha value is -1.72. The van der Waals surface area contributed by atoms with Gasteiger partial charge in [0.05, 0.1) is 0 Å². The van der Waals surface area contributed by atoms with Crippen LogP contribution in [0.3, 0.4) is 0 Å². The maximum absolute atomic E-state index is 12.2. The van der Waals surface area contributed by atoms with Crippen molar-refractivity contribution >= 4 is 40.8 Å². The average Bonchev–Trinajstić information content (AvgIpc) is 2.48. The van der Waals surface area contributed by atoms with Crippen LogP contribution in [-0.2, 0) is 0 Å². The van der Waals surface area contributed by atoms with Crippen LogP contribution in [0.1, 0.15) is 17.3 Å². The third kappa shape index (κ3) is 4.37. The molecule has 0 atom stereocenters. The molecule has 4 nitrogen and oxygen atoms in total. The molecule has 0 unspecified atom stereocenters. The topological polar surface area (TPSA) is 54.0 Å². The highest BCUT2D eigenvalue weighted by Gasteiger charge is 2.09. The van der Waals surface area contributed by atoms with E-state index in [4.69, 9.17) is 11.6 Å². The first-order chi connectivity index (χ1) is 10.1. The largest absolute Gasteiger partial charge is 0.370 e. The first kappa shape index (κ1) is 15.7. The van der Waals surface area contributed by atoms with Gasteiger partial charge in [0.25, 0.3) is 5.91 Å². The third-order valence-electron chi connectivity index (χ3n) is 2.76. The lowest BCUT2D eigenvalue weighted by molar-refractivity contribution is 0.102. The number of aromatic nitrogens is 1. The van der Waals surface area contributed by atoms with E-state index in [0.29, 0.717) is 17.9 Å². The molecule has 6 heteroatoms. The van der Waals surface area contributed by atoms with Crippen molar-refractivity contribution in [3.8, 4) is 0 Å². The number of nitrogens with zero attached hydrogens (tertiary/aromatic N) is 1. The molecule has 0 saturated carbocycles. The summed E-state index contributed by atoms with van der Waals surface area (Å²) >= 11 is 7.59. The number of rotatable bonds is 5. The number of halogens is 1. The van der Waals surface area contributed by atoms with E-state index < -0.39 is 0 Å². The molecule has 21 heavy (non-hydrogen) atoms. The van der Waals surface area contributed by atoms with Crippen LogP contribution < -0.4 is 10.6 Å². The van der Waals surface area contributed by atoms with Crippen LogP contribution in [-0.4, -0.2) is 23.7 Å². The summed E-state index contributed by atoms with van der Waals surface area (Å²) in [6.45, 7) is 2.67. The molecule has 2 aromatic rings. The smallest absolute Gasteiger partial charge is 0.255 e. The van der Waals surface area contributed by atoms with Crippen molar-refractivity contribution in [1.82, 2.24) is 4.98 Å². The van der Waals surface area contributed by atoms with Crippen molar-refractivity contribution in [3.63, 3.8) is 0 Å². The summed E-state index contributed by atoms with van der Waals surface area (Å²) < 4.78 is 0. The van der Waals surface area contributed by atoms with Gasteiger partial charge in [0.1, 0.15) is 11.0 Å². The molecule has 0 aliphatic carbocycles. The van der Waals surface area contributed by atoms with Gasteiger partial charge in [-0.05, 0) is 49.6 Å². The van der Waals surface area contributed by atoms with E-state index in [1.54, 1.807) is 23.9 Å². The quantitative estimate of drug-likeness (QED) is 0.642. The molecule has 0 fully saturated rings. The van der Waals surface area contributed by atoms with Crippen LogP contribution in [0.5, 0.6) is 0 Å². The van der Waals surface area contributed by atoms with Gasteiger partial charge in [0, 0.05) is 22.7 Å². The van der Waals surface area contributed by atoms with E-state index in [1.807, 2.05) is 37.4 Å². The number of carbonyl (C=O) groups is 1. The molecule has 0 spiro atoms. The van der Waals surface area contributed by atoms with Gasteiger partial charge in [-0.25, -0.2) is 4.98 Å². The molecule has 1 aromatic carbocycles. The van der Waals surface area contributed by atoms with Gasteiger partial charge < -0.3 is 10.6 Å². The average molecular weight is 322 g/mol. The molecule has 0 bridgehead atoms. The molecule has 0 aliphatic rings. The highest BCUT2D eigenvalue weighted by molar-refractivity contribution is 7.98. The number of hydrogen-bond donors (Lipinski definition) is 2. The van der Waals surface area contributed by atoms with Gasteiger partial charge in [0.15, 0.2) is 0 Å². The highest BCUT2D eigenvalue weighted by Crippen LogP contribution is 2.19. The van der Waals surface area contributed by atoms with Crippen LogP contribution in [0.4, 0.5) is 11.5 Å². The number of thioether (sulfide) groups is 1. The van der Waals surface area contributed by atoms with Gasteiger partial charge in [-0.3, -0.25) is 4.79 Å². The fraction of sp³-hybridized carbons (Fsp3) is 0.200. The van der Waals surface area contributed by atoms with Gasteiger partial charge in [-0.15, -0.1) is 11.8 Å². The molecule has 0 radical (unpaired) electrons. The number of pyridine rings is 1. The number of carbonyl (C=O) groups excluding carboxylic acids is 1. The van der Waals surface area contributed by atoms with Crippen molar-refractivity contribution in [2.75, 3.05) is 23.4 Å². The van der Waals surface area contributed by atoms with Crippen molar-refractivity contribution in [3.05, 3.63) is 47.1 Å². The molecule has 2 N–H and O–H groups in total. The SMILES string of the molecule is CCNc1cc(C(=O)Nc2ccc(SC)cc2)cc(Cl)n1. The van der Waals surface area contributed by atoms with Gasteiger partial charge in [-0.1, -0.05) is 11.6 Å². The molecule has 1 amide bonds. The summed E-state index contributed by atoms with van der Waals surface area (Å²) in [6, 6.07) is 10.9. The zero-order chi connectivity index (χ0) is 15.2. The Morgan fingerprint density at radius 3 is 2.62 bits per heavy atom. The lowest BCUT2D eigenvalue weighted by Crippen LogP contribution is -2.13. The summed E-state index contributed by atoms with van der Waals surface area (Å²) in [5.74, 6) is 0.378. The summed E-state index contributed by atoms with van der Waals surface area (Å²) in [5.41, 5.74) is 1.22. The zero-order valence-electron chi connectivity index (χ0n) is 11.8. The second-order valence-corrected chi connectivity index (χ2v) is 5.54. The minimum absolute atomic E-state index is 0.213. The lowest BCUT2D eigenvalue weighted by Gasteiger charge is -2.08. The number of anilines is 2. The minimum Gasteiger partial charge on any atom is -0.370 e. The van der Waals surface area contributed by atoms with E-state index in [0.717, 1.165) is 10.6 Å². The fourth-order valence-electron chi connectivity index (χ4n) is 1.78.